The molecule has 0 aromatic carbocycles. The van der Waals surface area contributed by atoms with Gasteiger partial charge in [0, 0.05) is 6.61 Å². The van der Waals surface area contributed by atoms with Crippen LogP contribution >= 0.6 is 11.1 Å². The average molecular weight is 180 g/mol. The molecule has 0 aliphatic heterocycles. The quantitative estimate of drug-likeness (QED) is 0.450. The summed E-state index contributed by atoms with van der Waals surface area (Å²) in [6, 6.07) is 1.09. The van der Waals surface area contributed by atoms with Crippen LogP contribution in [-0.4, -0.2) is 15.0 Å². The molecular formula is C7H16ClOSi. The molecule has 0 atom stereocenters. The van der Waals surface area contributed by atoms with E-state index in [2.05, 4.69) is 13.8 Å². The Morgan fingerprint density at radius 2 is 2.00 bits per heavy atom. The van der Waals surface area contributed by atoms with Crippen molar-refractivity contribution in [2.75, 3.05) is 6.61 Å². The van der Waals surface area contributed by atoms with Crippen LogP contribution in [0.5, 0.6) is 0 Å². The molecule has 0 rings (SSSR count). The van der Waals surface area contributed by atoms with Gasteiger partial charge in [0.15, 0.2) is 0 Å². The second-order valence-corrected chi connectivity index (χ2v) is 5.07. The first-order valence-electron chi connectivity index (χ1n) is 3.95. The lowest BCUT2D eigenvalue weighted by Crippen LogP contribution is -2.10. The molecule has 0 aromatic heterocycles. The fourth-order valence-corrected chi connectivity index (χ4v) is 2.43. The monoisotopic (exact) mass is 179 g/mol. The van der Waals surface area contributed by atoms with Gasteiger partial charge in [0.1, 0.15) is 0 Å². The van der Waals surface area contributed by atoms with Crippen LogP contribution < -0.4 is 0 Å². The third-order valence-corrected chi connectivity index (χ3v) is 3.35. The molecule has 0 unspecified atom stereocenters. The zero-order chi connectivity index (χ0) is 7.82. The van der Waals surface area contributed by atoms with Gasteiger partial charge >= 0.3 is 8.35 Å². The van der Waals surface area contributed by atoms with Crippen molar-refractivity contribution < 1.29 is 4.43 Å². The topological polar surface area (TPSA) is 9.23 Å². The number of unbranched alkanes of at least 4 members (excludes halogenated alkanes) is 1. The van der Waals surface area contributed by atoms with Crippen LogP contribution in [0.2, 0.25) is 6.04 Å². The van der Waals surface area contributed by atoms with E-state index in [1.54, 1.807) is 0 Å². The molecule has 0 fully saturated rings. The molecule has 0 aromatic rings. The van der Waals surface area contributed by atoms with E-state index >= 15 is 0 Å². The third-order valence-electron chi connectivity index (χ3n) is 1.19. The Labute approximate surface area is 70.2 Å². The maximum absolute atomic E-state index is 5.92. The van der Waals surface area contributed by atoms with Crippen molar-refractivity contribution in [2.45, 2.75) is 39.2 Å². The van der Waals surface area contributed by atoms with Gasteiger partial charge in [-0.25, -0.2) is 0 Å². The highest BCUT2D eigenvalue weighted by atomic mass is 35.6. The van der Waals surface area contributed by atoms with Crippen molar-refractivity contribution in [3.05, 3.63) is 0 Å². The molecule has 10 heavy (non-hydrogen) atoms. The van der Waals surface area contributed by atoms with Gasteiger partial charge in [-0.15, -0.1) is 11.1 Å². The molecule has 0 amide bonds. The van der Waals surface area contributed by atoms with Gasteiger partial charge in [-0.1, -0.05) is 26.7 Å². The number of hydrogen-bond acceptors (Lipinski definition) is 1. The molecule has 61 valence electrons. The van der Waals surface area contributed by atoms with E-state index in [0.717, 1.165) is 19.1 Å². The van der Waals surface area contributed by atoms with E-state index in [1.165, 1.54) is 12.8 Å². The van der Waals surface area contributed by atoms with Crippen molar-refractivity contribution in [3.8, 4) is 0 Å². The zero-order valence-corrected chi connectivity index (χ0v) is 8.58. The minimum absolute atomic E-state index is 0.835. The minimum atomic E-state index is -0.943. The number of hydrogen-bond donors (Lipinski definition) is 0. The van der Waals surface area contributed by atoms with Gasteiger partial charge in [-0.05, 0) is 12.5 Å². The summed E-state index contributed by atoms with van der Waals surface area (Å²) >= 11 is 5.92. The summed E-state index contributed by atoms with van der Waals surface area (Å²) in [5.74, 6) is 0. The van der Waals surface area contributed by atoms with Gasteiger partial charge in [0.05, 0.1) is 0 Å². The molecule has 0 aliphatic carbocycles. The number of halogens is 1. The first kappa shape index (κ1) is 10.5. The Bertz CT molecular complexity index is 62.6. The summed E-state index contributed by atoms with van der Waals surface area (Å²) in [5.41, 5.74) is 0. The van der Waals surface area contributed by atoms with Crippen LogP contribution in [0.15, 0.2) is 0 Å². The maximum Gasteiger partial charge on any atom is 0.323 e. The Kier molecular flexibility index (Phi) is 7.93. The van der Waals surface area contributed by atoms with E-state index in [4.69, 9.17) is 15.5 Å². The zero-order valence-electron chi connectivity index (χ0n) is 6.82. The largest absolute Gasteiger partial charge is 0.403 e. The average Bonchev–Trinajstić information content (AvgIpc) is 1.97. The van der Waals surface area contributed by atoms with Crippen LogP contribution in [0.1, 0.15) is 33.1 Å². The lowest BCUT2D eigenvalue weighted by atomic mass is 10.4. The fourth-order valence-electron chi connectivity index (χ4n) is 0.601. The number of rotatable bonds is 6. The minimum Gasteiger partial charge on any atom is -0.403 e. The third kappa shape index (κ3) is 6.58. The fraction of sp³-hybridized carbons (Fsp3) is 1.00. The van der Waals surface area contributed by atoms with Crippen molar-refractivity contribution in [1.82, 2.24) is 0 Å². The van der Waals surface area contributed by atoms with Crippen molar-refractivity contribution in [1.29, 1.82) is 0 Å². The van der Waals surface area contributed by atoms with Crippen molar-refractivity contribution in [2.24, 2.45) is 0 Å². The summed E-state index contributed by atoms with van der Waals surface area (Å²) in [6.45, 7) is 5.11. The lowest BCUT2D eigenvalue weighted by Gasteiger charge is -2.05. The Balaban J connectivity index is 3.00. The van der Waals surface area contributed by atoms with Crippen LogP contribution in [0.4, 0.5) is 0 Å². The molecule has 0 saturated heterocycles. The van der Waals surface area contributed by atoms with Gasteiger partial charge in [-0.2, -0.15) is 0 Å². The first-order chi connectivity index (χ1) is 4.81. The molecular weight excluding hydrogens is 164 g/mol. The predicted octanol–water partition coefficient (Wildman–Crippen LogP) is 2.94. The van der Waals surface area contributed by atoms with E-state index in [1.807, 2.05) is 0 Å². The van der Waals surface area contributed by atoms with E-state index in [9.17, 15) is 0 Å². The molecule has 0 saturated carbocycles. The summed E-state index contributed by atoms with van der Waals surface area (Å²) in [6.07, 6.45) is 3.50. The van der Waals surface area contributed by atoms with Gasteiger partial charge in [0.25, 0.3) is 0 Å². The summed E-state index contributed by atoms with van der Waals surface area (Å²) in [4.78, 5) is 0. The molecule has 0 aliphatic rings. The highest BCUT2D eigenvalue weighted by Gasteiger charge is 2.06. The molecule has 0 heterocycles. The summed E-state index contributed by atoms with van der Waals surface area (Å²) in [5, 5.41) is 0. The smallest absolute Gasteiger partial charge is 0.323 e. The van der Waals surface area contributed by atoms with Crippen LogP contribution in [0.3, 0.4) is 0 Å². The summed E-state index contributed by atoms with van der Waals surface area (Å²) < 4.78 is 5.36. The SMILES string of the molecule is CCCC[Si](Cl)OCCC. The lowest BCUT2D eigenvalue weighted by molar-refractivity contribution is 0.329. The molecule has 0 spiro atoms. The Hall–Kier alpha value is 0.467. The van der Waals surface area contributed by atoms with E-state index in [0.29, 0.717) is 0 Å². The highest BCUT2D eigenvalue weighted by Crippen LogP contribution is 2.05. The molecule has 0 bridgehead atoms. The Morgan fingerprint density at radius 1 is 1.30 bits per heavy atom. The second-order valence-electron chi connectivity index (χ2n) is 2.31. The van der Waals surface area contributed by atoms with Gasteiger partial charge in [-0.3, -0.25) is 0 Å². The van der Waals surface area contributed by atoms with E-state index < -0.39 is 8.35 Å². The van der Waals surface area contributed by atoms with Gasteiger partial charge < -0.3 is 4.43 Å². The molecule has 1 nitrogen and oxygen atoms in total. The van der Waals surface area contributed by atoms with E-state index in [-0.39, 0.29) is 0 Å². The molecule has 1 radical (unpaired) electrons. The summed E-state index contributed by atoms with van der Waals surface area (Å²) in [7, 11) is -0.943. The van der Waals surface area contributed by atoms with Crippen molar-refractivity contribution in [3.63, 3.8) is 0 Å². The second kappa shape index (κ2) is 7.57. The normalized spacial score (nSPS) is 10.8. The first-order valence-corrected chi connectivity index (χ1v) is 6.58. The van der Waals surface area contributed by atoms with Crippen molar-refractivity contribution >= 4 is 19.4 Å². The van der Waals surface area contributed by atoms with Crippen LogP contribution in [-0.2, 0) is 4.43 Å². The molecule has 3 heteroatoms. The highest BCUT2D eigenvalue weighted by molar-refractivity contribution is 7.03. The van der Waals surface area contributed by atoms with Gasteiger partial charge in [0.2, 0.25) is 0 Å². The Morgan fingerprint density at radius 3 is 2.50 bits per heavy atom. The van der Waals surface area contributed by atoms with Crippen LogP contribution in [0.25, 0.3) is 0 Å². The van der Waals surface area contributed by atoms with Crippen LogP contribution in [0, 0.1) is 0 Å². The predicted molar refractivity (Wildman–Crippen MR) is 47.6 cm³/mol. The standard InChI is InChI=1S/C7H16ClOSi/c1-3-5-7-10(8)9-6-4-2/h3-7H2,1-2H3. The molecule has 0 N–H and O–H groups in total. The maximum atomic E-state index is 5.92.